The third-order valence-electron chi connectivity index (χ3n) is 2.07. The molecule has 1 aromatic carbocycles. The minimum atomic E-state index is 0.626. The predicted molar refractivity (Wildman–Crippen MR) is 57.5 cm³/mol. The summed E-state index contributed by atoms with van der Waals surface area (Å²) in [5, 5.41) is 0. The fraction of sp³-hybridized carbons (Fsp3) is 0.333. The van der Waals surface area contributed by atoms with Crippen LogP contribution in [0.2, 0.25) is 0 Å². The molecule has 0 saturated carbocycles. The Morgan fingerprint density at radius 3 is 2.69 bits per heavy atom. The predicted octanol–water partition coefficient (Wildman–Crippen LogP) is 2.65. The maximum atomic E-state index is 5.56. The molecule has 0 unspecified atom stereocenters. The average Bonchev–Trinajstić information content (AvgIpc) is 2.15. The van der Waals surface area contributed by atoms with Crippen molar-refractivity contribution < 1.29 is 0 Å². The lowest BCUT2D eigenvalue weighted by Gasteiger charge is -2.03. The zero-order valence-electron chi connectivity index (χ0n) is 8.22. The van der Waals surface area contributed by atoms with Gasteiger partial charge in [0.25, 0.3) is 0 Å². The van der Waals surface area contributed by atoms with Crippen molar-refractivity contribution in [3.8, 4) is 0 Å². The van der Waals surface area contributed by atoms with E-state index in [1.807, 2.05) is 0 Å². The first-order chi connectivity index (χ1) is 6.22. The molecule has 70 valence electrons. The molecule has 0 amide bonds. The molecule has 0 fully saturated rings. The van der Waals surface area contributed by atoms with Crippen LogP contribution in [-0.2, 0) is 13.0 Å². The largest absolute Gasteiger partial charge is 0.326 e. The van der Waals surface area contributed by atoms with Gasteiger partial charge in [-0.05, 0) is 30.9 Å². The molecule has 0 radical (unpaired) electrons. The van der Waals surface area contributed by atoms with Crippen LogP contribution >= 0.6 is 0 Å². The van der Waals surface area contributed by atoms with Crippen LogP contribution in [0, 0.1) is 0 Å². The summed E-state index contributed by atoms with van der Waals surface area (Å²) in [4.78, 5) is 0. The minimum absolute atomic E-state index is 0.626. The second kappa shape index (κ2) is 4.83. The highest BCUT2D eigenvalue weighted by molar-refractivity contribution is 5.23. The van der Waals surface area contributed by atoms with Crippen LogP contribution in [-0.4, -0.2) is 0 Å². The van der Waals surface area contributed by atoms with Gasteiger partial charge in [-0.25, -0.2) is 0 Å². The maximum absolute atomic E-state index is 5.56. The monoisotopic (exact) mass is 175 g/mol. The first-order valence-electron chi connectivity index (χ1n) is 4.64. The van der Waals surface area contributed by atoms with Crippen molar-refractivity contribution in [3.63, 3.8) is 0 Å². The van der Waals surface area contributed by atoms with Crippen LogP contribution in [0.25, 0.3) is 0 Å². The molecule has 0 aliphatic carbocycles. The van der Waals surface area contributed by atoms with Crippen LogP contribution in [0.15, 0.2) is 36.4 Å². The van der Waals surface area contributed by atoms with E-state index in [-0.39, 0.29) is 0 Å². The maximum Gasteiger partial charge on any atom is 0.0178 e. The second-order valence-corrected chi connectivity index (χ2v) is 3.48. The molecule has 1 aromatic rings. The van der Waals surface area contributed by atoms with E-state index in [0.717, 1.165) is 12.8 Å². The molecule has 1 heteroatoms. The number of aryl methyl sites for hydroxylation is 1. The summed E-state index contributed by atoms with van der Waals surface area (Å²) >= 11 is 0. The Kier molecular flexibility index (Phi) is 3.71. The van der Waals surface area contributed by atoms with E-state index in [4.69, 9.17) is 5.73 Å². The number of allylic oxidation sites excluding steroid dienone is 1. The summed E-state index contributed by atoms with van der Waals surface area (Å²) in [6, 6.07) is 8.44. The quantitative estimate of drug-likeness (QED) is 0.699. The van der Waals surface area contributed by atoms with Gasteiger partial charge in [-0.1, -0.05) is 29.8 Å². The summed E-state index contributed by atoms with van der Waals surface area (Å²) in [5.74, 6) is 0. The number of benzene rings is 1. The van der Waals surface area contributed by atoms with Crippen LogP contribution in [0.5, 0.6) is 0 Å². The fourth-order valence-corrected chi connectivity index (χ4v) is 1.27. The van der Waals surface area contributed by atoms with Crippen molar-refractivity contribution in [2.45, 2.75) is 26.3 Å². The number of hydrogen-bond acceptors (Lipinski definition) is 1. The lowest BCUT2D eigenvalue weighted by Crippen LogP contribution is -1.97. The molecule has 0 aromatic heterocycles. The third-order valence-corrected chi connectivity index (χ3v) is 2.07. The van der Waals surface area contributed by atoms with Crippen molar-refractivity contribution >= 4 is 0 Å². The highest BCUT2D eigenvalue weighted by Crippen LogP contribution is 2.09. The van der Waals surface area contributed by atoms with Crippen LogP contribution < -0.4 is 5.73 Å². The molecular weight excluding hydrogens is 158 g/mol. The molecule has 0 saturated heterocycles. The number of rotatable bonds is 4. The van der Waals surface area contributed by atoms with Crippen LogP contribution in [0.3, 0.4) is 0 Å². The normalized spacial score (nSPS) is 10.0. The van der Waals surface area contributed by atoms with Crippen LogP contribution in [0.1, 0.15) is 24.5 Å². The van der Waals surface area contributed by atoms with E-state index in [9.17, 15) is 0 Å². The van der Waals surface area contributed by atoms with Gasteiger partial charge in [0, 0.05) is 6.54 Å². The van der Waals surface area contributed by atoms with E-state index in [2.05, 4.69) is 37.8 Å². The van der Waals surface area contributed by atoms with Crippen LogP contribution in [0.4, 0.5) is 0 Å². The molecule has 0 spiro atoms. The van der Waals surface area contributed by atoms with E-state index in [1.165, 1.54) is 16.7 Å². The van der Waals surface area contributed by atoms with Crippen molar-refractivity contribution in [1.29, 1.82) is 0 Å². The molecule has 13 heavy (non-hydrogen) atoms. The van der Waals surface area contributed by atoms with Gasteiger partial charge in [0.2, 0.25) is 0 Å². The van der Waals surface area contributed by atoms with E-state index in [1.54, 1.807) is 0 Å². The second-order valence-electron chi connectivity index (χ2n) is 3.48. The standard InChI is InChI=1S/C12H17N/c1-10(2)6-7-11-4-3-5-12(8-11)9-13/h3-5,8H,1,6-7,9,13H2,2H3. The Hall–Kier alpha value is -1.08. The van der Waals surface area contributed by atoms with E-state index < -0.39 is 0 Å². The van der Waals surface area contributed by atoms with Gasteiger partial charge >= 0.3 is 0 Å². The highest BCUT2D eigenvalue weighted by Gasteiger charge is 1.94. The summed E-state index contributed by atoms with van der Waals surface area (Å²) in [7, 11) is 0. The van der Waals surface area contributed by atoms with Crippen molar-refractivity contribution in [2.75, 3.05) is 0 Å². The highest BCUT2D eigenvalue weighted by atomic mass is 14.5. The van der Waals surface area contributed by atoms with Crippen molar-refractivity contribution in [3.05, 3.63) is 47.5 Å². The Bertz CT molecular complexity index is 289. The van der Waals surface area contributed by atoms with E-state index >= 15 is 0 Å². The average molecular weight is 175 g/mol. The lowest BCUT2D eigenvalue weighted by molar-refractivity contribution is 0.938. The fourth-order valence-electron chi connectivity index (χ4n) is 1.27. The van der Waals surface area contributed by atoms with Gasteiger partial charge in [0.15, 0.2) is 0 Å². The summed E-state index contributed by atoms with van der Waals surface area (Å²) in [6.07, 6.45) is 2.14. The van der Waals surface area contributed by atoms with Crippen molar-refractivity contribution in [2.24, 2.45) is 5.73 Å². The Labute approximate surface area is 80.3 Å². The molecule has 1 nitrogen and oxygen atoms in total. The summed E-state index contributed by atoms with van der Waals surface area (Å²) in [5.41, 5.74) is 9.35. The molecular formula is C12H17N. The molecule has 0 aliphatic rings. The van der Waals surface area contributed by atoms with Crippen molar-refractivity contribution in [1.82, 2.24) is 0 Å². The van der Waals surface area contributed by atoms with Gasteiger partial charge in [-0.2, -0.15) is 0 Å². The van der Waals surface area contributed by atoms with Gasteiger partial charge in [-0.15, -0.1) is 6.58 Å². The Morgan fingerprint density at radius 1 is 1.38 bits per heavy atom. The molecule has 0 aliphatic heterocycles. The SMILES string of the molecule is C=C(C)CCc1cccc(CN)c1. The lowest BCUT2D eigenvalue weighted by atomic mass is 10.0. The molecule has 2 N–H and O–H groups in total. The summed E-state index contributed by atoms with van der Waals surface area (Å²) in [6.45, 7) is 6.58. The molecule has 0 bridgehead atoms. The third kappa shape index (κ3) is 3.43. The molecule has 0 heterocycles. The zero-order valence-corrected chi connectivity index (χ0v) is 8.22. The smallest absolute Gasteiger partial charge is 0.0178 e. The number of nitrogens with two attached hydrogens (primary N) is 1. The van der Waals surface area contributed by atoms with Gasteiger partial charge < -0.3 is 5.73 Å². The van der Waals surface area contributed by atoms with E-state index in [0.29, 0.717) is 6.54 Å². The minimum Gasteiger partial charge on any atom is -0.326 e. The Morgan fingerprint density at radius 2 is 2.08 bits per heavy atom. The topological polar surface area (TPSA) is 26.0 Å². The van der Waals surface area contributed by atoms with Gasteiger partial charge in [0.1, 0.15) is 0 Å². The molecule has 0 atom stereocenters. The summed E-state index contributed by atoms with van der Waals surface area (Å²) < 4.78 is 0. The Balaban J connectivity index is 2.61. The first kappa shape index (κ1) is 10.0. The molecule has 1 rings (SSSR count). The number of hydrogen-bond donors (Lipinski definition) is 1. The first-order valence-corrected chi connectivity index (χ1v) is 4.64. The van der Waals surface area contributed by atoms with Gasteiger partial charge in [-0.3, -0.25) is 0 Å². The van der Waals surface area contributed by atoms with Gasteiger partial charge in [0.05, 0.1) is 0 Å². The zero-order chi connectivity index (χ0) is 9.68.